The van der Waals surface area contributed by atoms with Crippen LogP contribution in [-0.2, 0) is 28.6 Å². The van der Waals surface area contributed by atoms with E-state index in [0.29, 0.717) is 37.7 Å². The van der Waals surface area contributed by atoms with Crippen molar-refractivity contribution in [2.45, 2.75) is 84.5 Å². The highest BCUT2D eigenvalue weighted by Gasteiger charge is 2.78. The number of rotatable bonds is 5. The zero-order valence-electron chi connectivity index (χ0n) is 23.5. The van der Waals surface area contributed by atoms with Crippen molar-refractivity contribution in [1.82, 2.24) is 0 Å². The molecule has 210 valence electrons. The molecule has 0 aromatic carbocycles. The Morgan fingerprint density at radius 3 is 2.64 bits per heavy atom. The Morgan fingerprint density at radius 1 is 1.21 bits per heavy atom. The van der Waals surface area contributed by atoms with E-state index in [1.807, 2.05) is 0 Å². The molecule has 6 rings (SSSR count). The summed E-state index contributed by atoms with van der Waals surface area (Å²) in [5.41, 5.74) is 3.60. The number of carbonyl (C=O) groups is 3. The average molecular weight is 537 g/mol. The molecule has 10 atom stereocenters. The molecule has 1 unspecified atom stereocenters. The fourth-order valence-corrected chi connectivity index (χ4v) is 9.56. The lowest BCUT2D eigenvalue weighted by Crippen LogP contribution is -2.43. The lowest BCUT2D eigenvalue weighted by Gasteiger charge is -2.43. The molecule has 4 aliphatic carbocycles. The molecule has 2 aliphatic heterocycles. The second-order valence-corrected chi connectivity index (χ2v) is 13.0. The van der Waals surface area contributed by atoms with Gasteiger partial charge >= 0.3 is 17.9 Å². The van der Waals surface area contributed by atoms with Crippen molar-refractivity contribution in [1.29, 1.82) is 0 Å². The summed E-state index contributed by atoms with van der Waals surface area (Å²) >= 11 is 0. The summed E-state index contributed by atoms with van der Waals surface area (Å²) in [7, 11) is 0. The molecule has 7 heteroatoms. The Morgan fingerprint density at radius 2 is 1.95 bits per heavy atom. The fourth-order valence-electron chi connectivity index (χ4n) is 9.56. The number of hydrogen-bond acceptors (Lipinski definition) is 7. The molecule has 2 spiro atoms. The van der Waals surface area contributed by atoms with Gasteiger partial charge in [-0.15, -0.1) is 0 Å². The Kier molecular flexibility index (Phi) is 6.07. The van der Waals surface area contributed by atoms with Gasteiger partial charge in [-0.2, -0.15) is 0 Å². The first-order valence-corrected chi connectivity index (χ1v) is 14.5. The Hall–Kier alpha value is -2.67. The predicted octanol–water partition coefficient (Wildman–Crippen LogP) is 4.61. The Labute approximate surface area is 230 Å². The normalized spacial score (nSPS) is 43.0. The molecule has 7 nitrogen and oxygen atoms in total. The van der Waals surface area contributed by atoms with Crippen LogP contribution < -0.4 is 0 Å². The van der Waals surface area contributed by atoms with Crippen molar-refractivity contribution in [3.63, 3.8) is 0 Å². The number of esters is 3. The Balaban J connectivity index is 1.48. The van der Waals surface area contributed by atoms with Crippen LogP contribution in [0.2, 0.25) is 0 Å². The van der Waals surface area contributed by atoms with Crippen LogP contribution >= 0.6 is 0 Å². The number of aliphatic hydroxyl groups excluding tert-OH is 1. The van der Waals surface area contributed by atoms with Gasteiger partial charge in [-0.1, -0.05) is 44.2 Å². The maximum absolute atomic E-state index is 14.1. The van der Waals surface area contributed by atoms with Gasteiger partial charge in [0.15, 0.2) is 0 Å². The van der Waals surface area contributed by atoms with E-state index in [2.05, 4.69) is 40.0 Å². The van der Waals surface area contributed by atoms with Crippen LogP contribution in [0.4, 0.5) is 0 Å². The van der Waals surface area contributed by atoms with Gasteiger partial charge in [0.1, 0.15) is 18.3 Å². The molecule has 2 bridgehead atoms. The minimum absolute atomic E-state index is 0.0159. The second kappa shape index (κ2) is 8.92. The largest absolute Gasteiger partial charge is 0.461 e. The summed E-state index contributed by atoms with van der Waals surface area (Å²) in [4.78, 5) is 39.0. The molecule has 39 heavy (non-hydrogen) atoms. The highest BCUT2D eigenvalue weighted by atomic mass is 16.6. The van der Waals surface area contributed by atoms with Crippen LogP contribution in [0.3, 0.4) is 0 Å². The van der Waals surface area contributed by atoms with E-state index >= 15 is 0 Å². The molecule has 0 amide bonds. The highest BCUT2D eigenvalue weighted by molar-refractivity contribution is 5.91. The van der Waals surface area contributed by atoms with E-state index in [-0.39, 0.29) is 66.3 Å². The number of carbonyl (C=O) groups excluding carboxylic acids is 3. The van der Waals surface area contributed by atoms with E-state index in [1.165, 1.54) is 12.5 Å². The van der Waals surface area contributed by atoms with Gasteiger partial charge in [-0.3, -0.25) is 9.59 Å². The third kappa shape index (κ3) is 3.41. The molecule has 2 saturated carbocycles. The number of allylic oxidation sites excluding steroid dienone is 1. The standard InChI is InChI=1S/C32H40O7/c1-15(8-7-9-33)21-12-24-26(10-16(21)2)39-30(36)32(24)14-31-17(3)11-25-22(18(4)29(35)38-25)13-23(31)19(5)27(32)28(31)37-20(6)34/h12,15,17,22,24-28,33H,2,4,7-11,13-14H2,1,3,5-6H3/t15?,17-,22+,24-,25-,26+,27-,28+,31-,32+/m0/s1. The fraction of sp³-hybridized carbons (Fsp3) is 0.656. The summed E-state index contributed by atoms with van der Waals surface area (Å²) in [5, 5.41) is 9.39. The minimum atomic E-state index is -0.831. The number of fused-ring (bicyclic) bond motifs is 5. The second-order valence-electron chi connectivity index (χ2n) is 13.0. The highest BCUT2D eigenvalue weighted by Crippen LogP contribution is 2.75. The predicted molar refractivity (Wildman–Crippen MR) is 143 cm³/mol. The molecule has 0 radical (unpaired) electrons. The van der Waals surface area contributed by atoms with Crippen molar-refractivity contribution >= 4 is 17.9 Å². The quantitative estimate of drug-likeness (QED) is 0.237. The lowest BCUT2D eigenvalue weighted by atomic mass is 9.57. The van der Waals surface area contributed by atoms with E-state index in [4.69, 9.17) is 14.2 Å². The van der Waals surface area contributed by atoms with E-state index in [0.717, 1.165) is 23.1 Å². The van der Waals surface area contributed by atoms with Crippen LogP contribution in [0.25, 0.3) is 0 Å². The zero-order valence-corrected chi connectivity index (χ0v) is 23.5. The zero-order chi connectivity index (χ0) is 28.0. The molecular formula is C32H40O7. The van der Waals surface area contributed by atoms with Gasteiger partial charge in [-0.25, -0.2) is 4.79 Å². The van der Waals surface area contributed by atoms with Gasteiger partial charge in [0, 0.05) is 48.7 Å². The van der Waals surface area contributed by atoms with E-state index in [1.54, 1.807) is 0 Å². The van der Waals surface area contributed by atoms with Crippen LogP contribution in [0, 0.1) is 40.4 Å². The first-order chi connectivity index (χ1) is 18.5. The van der Waals surface area contributed by atoms with Crippen LogP contribution in [0.1, 0.15) is 66.2 Å². The number of aliphatic hydroxyl groups is 1. The summed E-state index contributed by atoms with van der Waals surface area (Å²) in [5.74, 6) is -1.18. The number of hydrogen-bond donors (Lipinski definition) is 1. The summed E-state index contributed by atoms with van der Waals surface area (Å²) in [6, 6.07) is 0. The first-order valence-electron chi connectivity index (χ1n) is 14.5. The summed E-state index contributed by atoms with van der Waals surface area (Å²) in [6.45, 7) is 16.4. The van der Waals surface area contributed by atoms with Crippen molar-refractivity contribution in [2.24, 2.45) is 40.4 Å². The molecule has 0 aromatic heterocycles. The molecule has 4 fully saturated rings. The molecule has 0 aromatic rings. The molecule has 2 saturated heterocycles. The lowest BCUT2D eigenvalue weighted by molar-refractivity contribution is -0.156. The van der Waals surface area contributed by atoms with Crippen LogP contribution in [-0.4, -0.2) is 47.9 Å². The van der Waals surface area contributed by atoms with Gasteiger partial charge in [0.25, 0.3) is 0 Å². The molecule has 6 aliphatic rings. The van der Waals surface area contributed by atoms with Gasteiger partial charge in [-0.05, 0) is 62.0 Å². The van der Waals surface area contributed by atoms with E-state index in [9.17, 15) is 19.5 Å². The van der Waals surface area contributed by atoms with Crippen molar-refractivity contribution in [3.8, 4) is 0 Å². The van der Waals surface area contributed by atoms with Crippen LogP contribution in [0.5, 0.6) is 0 Å². The Bertz CT molecular complexity index is 1240. The maximum Gasteiger partial charge on any atom is 0.334 e. The van der Waals surface area contributed by atoms with Crippen molar-refractivity contribution in [3.05, 3.63) is 47.1 Å². The molecule has 1 N–H and O–H groups in total. The van der Waals surface area contributed by atoms with Gasteiger partial charge in [0.2, 0.25) is 0 Å². The summed E-state index contributed by atoms with van der Waals surface area (Å²) in [6.07, 6.45) is 5.19. The smallest absolute Gasteiger partial charge is 0.334 e. The average Bonchev–Trinajstić information content (AvgIpc) is 3.45. The van der Waals surface area contributed by atoms with E-state index < -0.39 is 16.9 Å². The first kappa shape index (κ1) is 26.5. The summed E-state index contributed by atoms with van der Waals surface area (Å²) < 4.78 is 18.1. The topological polar surface area (TPSA) is 99.1 Å². The maximum atomic E-state index is 14.1. The van der Waals surface area contributed by atoms with Crippen molar-refractivity contribution < 1.29 is 33.7 Å². The third-order valence-electron chi connectivity index (χ3n) is 11.2. The monoisotopic (exact) mass is 536 g/mol. The van der Waals surface area contributed by atoms with Crippen LogP contribution in [0.15, 0.2) is 47.1 Å². The van der Waals surface area contributed by atoms with Gasteiger partial charge < -0.3 is 19.3 Å². The van der Waals surface area contributed by atoms with Gasteiger partial charge in [0.05, 0.1) is 5.41 Å². The van der Waals surface area contributed by atoms with Crippen molar-refractivity contribution in [2.75, 3.05) is 6.61 Å². The minimum Gasteiger partial charge on any atom is -0.461 e. The molecular weight excluding hydrogens is 496 g/mol. The molecule has 2 heterocycles. The SMILES string of the molecule is C=C1C[C@H]2OC(=O)[C@]3(C[C@]45C(=C(C)[C@H]3[C@H]4OC(C)=O)C[C@@H]3C(=C)C(=O)O[C@H]3C[C@@H]5C)[C@H]2C=C1C(C)CCCO. The third-order valence-corrected chi connectivity index (χ3v) is 11.2. The number of ether oxygens (including phenoxy) is 3.